The lowest BCUT2D eigenvalue weighted by Crippen LogP contribution is -2.31. The van der Waals surface area contributed by atoms with E-state index in [1.807, 2.05) is 18.2 Å². The first-order valence-corrected chi connectivity index (χ1v) is 10.5. The van der Waals surface area contributed by atoms with Gasteiger partial charge >= 0.3 is 6.18 Å². The van der Waals surface area contributed by atoms with Crippen molar-refractivity contribution in [1.82, 2.24) is 19.4 Å². The Morgan fingerprint density at radius 3 is 2.62 bits per heavy atom. The van der Waals surface area contributed by atoms with Gasteiger partial charge in [0.05, 0.1) is 5.69 Å². The zero-order chi connectivity index (χ0) is 22.5. The number of alkyl halides is 3. The average molecular weight is 444 g/mol. The highest BCUT2D eigenvalue weighted by molar-refractivity contribution is 5.52. The molecule has 0 radical (unpaired) electrons. The smallest absolute Gasteiger partial charge is 0.451 e. The molecular weight excluding hydrogens is 421 g/mol. The van der Waals surface area contributed by atoms with Crippen molar-refractivity contribution in [3.63, 3.8) is 0 Å². The summed E-state index contributed by atoms with van der Waals surface area (Å²) < 4.78 is 52.2. The van der Waals surface area contributed by atoms with Crippen LogP contribution in [0.15, 0.2) is 30.5 Å². The number of halogens is 3. The van der Waals surface area contributed by atoms with Crippen molar-refractivity contribution in [2.45, 2.75) is 39.5 Å². The highest BCUT2D eigenvalue weighted by Gasteiger charge is 2.35. The molecule has 5 rings (SSSR count). The van der Waals surface area contributed by atoms with Crippen LogP contribution in [0.3, 0.4) is 0 Å². The minimum absolute atomic E-state index is 0.474. The fourth-order valence-electron chi connectivity index (χ4n) is 4.44. The second kappa shape index (κ2) is 7.81. The van der Waals surface area contributed by atoms with Crippen LogP contribution in [0.4, 0.5) is 13.2 Å². The van der Waals surface area contributed by atoms with Gasteiger partial charge in [-0.25, -0.2) is 9.97 Å². The number of nitrogens with zero attached hydrogens (tertiary/aromatic N) is 4. The molecule has 0 spiro atoms. The Labute approximate surface area is 183 Å². The lowest BCUT2D eigenvalue weighted by molar-refractivity contribution is -0.145. The molecule has 0 N–H and O–H groups in total. The van der Waals surface area contributed by atoms with E-state index in [1.54, 1.807) is 0 Å². The maximum absolute atomic E-state index is 12.9. The van der Waals surface area contributed by atoms with E-state index in [4.69, 9.17) is 9.47 Å². The Bertz CT molecular complexity index is 1170. The van der Waals surface area contributed by atoms with Gasteiger partial charge in [-0.15, -0.1) is 0 Å². The molecule has 3 aromatic rings. The molecule has 2 aliphatic rings. The first-order chi connectivity index (χ1) is 15.3. The lowest BCUT2D eigenvalue weighted by atomic mass is 10.1. The van der Waals surface area contributed by atoms with Gasteiger partial charge in [-0.05, 0) is 37.6 Å². The van der Waals surface area contributed by atoms with Crippen molar-refractivity contribution in [3.8, 4) is 17.2 Å². The predicted molar refractivity (Wildman–Crippen MR) is 111 cm³/mol. The highest BCUT2D eigenvalue weighted by Crippen LogP contribution is 2.34. The summed E-state index contributed by atoms with van der Waals surface area (Å²) in [7, 11) is 0. The summed E-state index contributed by atoms with van der Waals surface area (Å²) in [6, 6.07) is 8.10. The highest BCUT2D eigenvalue weighted by atomic mass is 19.4. The minimum Gasteiger partial charge on any atom is -0.486 e. The minimum atomic E-state index is -4.52. The van der Waals surface area contributed by atoms with Crippen molar-refractivity contribution in [3.05, 3.63) is 64.5 Å². The van der Waals surface area contributed by atoms with Crippen LogP contribution in [0.25, 0.3) is 5.69 Å². The van der Waals surface area contributed by atoms with Crippen molar-refractivity contribution in [1.29, 1.82) is 0 Å². The molecule has 1 aromatic carbocycles. The fraction of sp³-hybridized carbons (Fsp3) is 0.391. The van der Waals surface area contributed by atoms with E-state index in [9.17, 15) is 13.2 Å². The molecule has 0 unspecified atom stereocenters. The van der Waals surface area contributed by atoms with E-state index in [1.165, 1.54) is 11.8 Å². The standard InChI is InChI=1S/C23H23F3N4O2/c1-14-9-16(15(2)30(14)18-3-4-20-21(10-18)32-8-7-31-20)12-29-6-5-19-17(13-29)11-27-22(28-19)23(24,25)26/h3-4,9-11H,5-8,12-13H2,1-2H3. The third-order valence-corrected chi connectivity index (χ3v) is 5.98. The van der Waals surface area contributed by atoms with E-state index in [0.29, 0.717) is 45.0 Å². The first-order valence-electron chi connectivity index (χ1n) is 10.5. The molecular formula is C23H23F3N4O2. The van der Waals surface area contributed by atoms with Gasteiger partial charge in [-0.1, -0.05) is 0 Å². The fourth-order valence-corrected chi connectivity index (χ4v) is 4.44. The molecule has 2 aromatic heterocycles. The largest absolute Gasteiger partial charge is 0.486 e. The van der Waals surface area contributed by atoms with Gasteiger partial charge in [0.25, 0.3) is 0 Å². The number of aromatic nitrogens is 3. The topological polar surface area (TPSA) is 52.4 Å². The zero-order valence-electron chi connectivity index (χ0n) is 17.9. The molecule has 0 saturated heterocycles. The summed E-state index contributed by atoms with van der Waals surface area (Å²) in [5, 5.41) is 0. The monoisotopic (exact) mass is 444 g/mol. The number of hydrogen-bond donors (Lipinski definition) is 0. The number of aryl methyl sites for hydroxylation is 1. The summed E-state index contributed by atoms with van der Waals surface area (Å²) in [6.45, 7) is 7.11. The molecule has 0 saturated carbocycles. The third kappa shape index (κ3) is 3.81. The second-order valence-electron chi connectivity index (χ2n) is 8.18. The molecule has 32 heavy (non-hydrogen) atoms. The van der Waals surface area contributed by atoms with Crippen LogP contribution >= 0.6 is 0 Å². The number of rotatable bonds is 3. The van der Waals surface area contributed by atoms with Crippen LogP contribution in [0.2, 0.25) is 0 Å². The van der Waals surface area contributed by atoms with Gasteiger partial charge in [0.1, 0.15) is 13.2 Å². The molecule has 6 nitrogen and oxygen atoms in total. The van der Waals surface area contributed by atoms with Crippen LogP contribution in [-0.4, -0.2) is 39.2 Å². The van der Waals surface area contributed by atoms with Crippen molar-refractivity contribution in [2.24, 2.45) is 0 Å². The van der Waals surface area contributed by atoms with Gasteiger partial charge in [-0.2, -0.15) is 13.2 Å². The van der Waals surface area contributed by atoms with Crippen LogP contribution in [0, 0.1) is 13.8 Å². The van der Waals surface area contributed by atoms with Gasteiger partial charge in [0.2, 0.25) is 5.82 Å². The van der Waals surface area contributed by atoms with Crippen molar-refractivity contribution >= 4 is 0 Å². The normalized spacial score (nSPS) is 16.2. The Kier molecular flexibility index (Phi) is 5.08. The molecule has 0 aliphatic carbocycles. The first kappa shape index (κ1) is 20.8. The van der Waals surface area contributed by atoms with Gasteiger partial charge in [-0.3, -0.25) is 4.90 Å². The molecule has 0 amide bonds. The van der Waals surface area contributed by atoms with Crippen molar-refractivity contribution in [2.75, 3.05) is 19.8 Å². The SMILES string of the molecule is Cc1cc(CN2CCc3nc(C(F)(F)F)ncc3C2)c(C)n1-c1ccc2c(c1)OCCO2. The van der Waals surface area contributed by atoms with E-state index < -0.39 is 12.0 Å². The molecule has 168 valence electrons. The van der Waals surface area contributed by atoms with Gasteiger partial charge in [0, 0.05) is 61.0 Å². The molecule has 4 heterocycles. The van der Waals surface area contributed by atoms with Crippen LogP contribution in [0.1, 0.15) is 34.0 Å². The molecule has 2 aliphatic heterocycles. The van der Waals surface area contributed by atoms with E-state index in [-0.39, 0.29) is 0 Å². The van der Waals surface area contributed by atoms with Crippen LogP contribution in [0.5, 0.6) is 11.5 Å². The van der Waals surface area contributed by atoms with E-state index in [0.717, 1.165) is 34.1 Å². The predicted octanol–water partition coefficient (Wildman–Crippen LogP) is 4.23. The molecule has 0 bridgehead atoms. The molecule has 0 atom stereocenters. The Morgan fingerprint density at radius 2 is 1.84 bits per heavy atom. The summed E-state index contributed by atoms with van der Waals surface area (Å²) in [5.74, 6) is 0.437. The van der Waals surface area contributed by atoms with Crippen molar-refractivity contribution < 1.29 is 22.6 Å². The maximum Gasteiger partial charge on any atom is 0.451 e. The van der Waals surface area contributed by atoms with Gasteiger partial charge < -0.3 is 14.0 Å². The summed E-state index contributed by atoms with van der Waals surface area (Å²) in [4.78, 5) is 9.49. The third-order valence-electron chi connectivity index (χ3n) is 5.98. The molecule has 9 heteroatoms. The van der Waals surface area contributed by atoms with E-state index in [2.05, 4.69) is 39.3 Å². The molecule has 0 fully saturated rings. The zero-order valence-corrected chi connectivity index (χ0v) is 17.9. The number of hydrogen-bond acceptors (Lipinski definition) is 5. The number of fused-ring (bicyclic) bond motifs is 2. The Hall–Kier alpha value is -3.07. The lowest BCUT2D eigenvalue weighted by Gasteiger charge is -2.28. The summed E-state index contributed by atoms with van der Waals surface area (Å²) in [5.41, 5.74) is 5.65. The summed E-state index contributed by atoms with van der Waals surface area (Å²) >= 11 is 0. The Balaban J connectivity index is 1.36. The maximum atomic E-state index is 12.9. The van der Waals surface area contributed by atoms with Gasteiger partial charge in [0.15, 0.2) is 11.5 Å². The average Bonchev–Trinajstić information content (AvgIpc) is 3.05. The quantitative estimate of drug-likeness (QED) is 0.605. The number of benzene rings is 1. The van der Waals surface area contributed by atoms with Crippen LogP contribution < -0.4 is 9.47 Å². The number of ether oxygens (including phenoxy) is 2. The summed E-state index contributed by atoms with van der Waals surface area (Å²) in [6.07, 6.45) is -2.73. The second-order valence-corrected chi connectivity index (χ2v) is 8.18. The van der Waals surface area contributed by atoms with Crippen LogP contribution in [-0.2, 0) is 25.7 Å². The van der Waals surface area contributed by atoms with E-state index >= 15 is 0 Å². The Morgan fingerprint density at radius 1 is 1.06 bits per heavy atom.